The van der Waals surface area contributed by atoms with E-state index in [4.69, 9.17) is 15.5 Å². The summed E-state index contributed by atoms with van der Waals surface area (Å²) in [6.45, 7) is 7.86. The molecule has 1 aromatic heterocycles. The lowest BCUT2D eigenvalue weighted by Crippen LogP contribution is -2.31. The zero-order valence-corrected chi connectivity index (χ0v) is 12.5. The molecule has 0 amide bonds. The van der Waals surface area contributed by atoms with Crippen molar-refractivity contribution < 1.29 is 4.74 Å². The summed E-state index contributed by atoms with van der Waals surface area (Å²) in [7, 11) is 0. The van der Waals surface area contributed by atoms with Crippen LogP contribution in [0, 0.1) is 0 Å². The van der Waals surface area contributed by atoms with Crippen LogP contribution in [-0.4, -0.2) is 21.8 Å². The molecule has 0 atom stereocenters. The second-order valence-corrected chi connectivity index (χ2v) is 6.27. The molecule has 4 heteroatoms. The van der Waals surface area contributed by atoms with Crippen LogP contribution in [0.4, 0.5) is 5.69 Å². The SMILES string of the molecule is CCOC(C)(C)Cn1c(C2CC2)nc2cc(N)ccc21. The van der Waals surface area contributed by atoms with Crippen LogP contribution in [-0.2, 0) is 11.3 Å². The quantitative estimate of drug-likeness (QED) is 0.850. The highest BCUT2D eigenvalue weighted by atomic mass is 16.5. The van der Waals surface area contributed by atoms with Gasteiger partial charge in [-0.3, -0.25) is 0 Å². The topological polar surface area (TPSA) is 53.1 Å². The molecule has 1 aliphatic rings. The molecule has 2 N–H and O–H groups in total. The monoisotopic (exact) mass is 273 g/mol. The number of nitrogens with zero attached hydrogens (tertiary/aromatic N) is 2. The average molecular weight is 273 g/mol. The van der Waals surface area contributed by atoms with Crippen molar-refractivity contribution in [2.75, 3.05) is 12.3 Å². The average Bonchev–Trinajstić information content (AvgIpc) is 3.14. The molecule has 20 heavy (non-hydrogen) atoms. The van der Waals surface area contributed by atoms with Crippen LogP contribution in [0.1, 0.15) is 45.4 Å². The summed E-state index contributed by atoms with van der Waals surface area (Å²) in [4.78, 5) is 4.81. The second kappa shape index (κ2) is 4.77. The smallest absolute Gasteiger partial charge is 0.113 e. The molecule has 1 fully saturated rings. The van der Waals surface area contributed by atoms with E-state index >= 15 is 0 Å². The fraction of sp³-hybridized carbons (Fsp3) is 0.562. The summed E-state index contributed by atoms with van der Waals surface area (Å²) in [5, 5.41) is 0. The van der Waals surface area contributed by atoms with Crippen LogP contribution in [0.2, 0.25) is 0 Å². The van der Waals surface area contributed by atoms with Gasteiger partial charge in [0.25, 0.3) is 0 Å². The minimum atomic E-state index is -0.187. The van der Waals surface area contributed by atoms with Gasteiger partial charge >= 0.3 is 0 Å². The Kier molecular flexibility index (Phi) is 3.21. The molecule has 1 aliphatic carbocycles. The predicted octanol–water partition coefficient (Wildman–Crippen LogP) is 3.31. The molecule has 0 spiro atoms. The molecule has 0 saturated heterocycles. The highest BCUT2D eigenvalue weighted by molar-refractivity contribution is 5.80. The number of hydrogen-bond acceptors (Lipinski definition) is 3. The van der Waals surface area contributed by atoms with Crippen LogP contribution in [0.15, 0.2) is 18.2 Å². The predicted molar refractivity (Wildman–Crippen MR) is 81.8 cm³/mol. The van der Waals surface area contributed by atoms with Crippen LogP contribution < -0.4 is 5.73 Å². The number of ether oxygens (including phenoxy) is 1. The number of anilines is 1. The van der Waals surface area contributed by atoms with E-state index in [2.05, 4.69) is 24.5 Å². The maximum atomic E-state index is 5.88. The highest BCUT2D eigenvalue weighted by Gasteiger charge is 2.31. The Morgan fingerprint density at radius 1 is 1.40 bits per heavy atom. The fourth-order valence-corrected chi connectivity index (χ4v) is 2.80. The van der Waals surface area contributed by atoms with Gasteiger partial charge in [-0.25, -0.2) is 4.98 Å². The van der Waals surface area contributed by atoms with E-state index < -0.39 is 0 Å². The van der Waals surface area contributed by atoms with Crippen molar-refractivity contribution in [3.63, 3.8) is 0 Å². The zero-order chi connectivity index (χ0) is 14.3. The third kappa shape index (κ3) is 2.52. The summed E-state index contributed by atoms with van der Waals surface area (Å²) < 4.78 is 8.18. The number of benzene rings is 1. The summed E-state index contributed by atoms with van der Waals surface area (Å²) in [5.74, 6) is 1.81. The van der Waals surface area contributed by atoms with Crippen molar-refractivity contribution >= 4 is 16.7 Å². The first-order valence-corrected chi connectivity index (χ1v) is 7.40. The number of nitrogen functional groups attached to an aromatic ring is 1. The van der Waals surface area contributed by atoms with Crippen molar-refractivity contribution in [3.8, 4) is 0 Å². The van der Waals surface area contributed by atoms with E-state index in [1.54, 1.807) is 0 Å². The first-order chi connectivity index (χ1) is 9.50. The van der Waals surface area contributed by atoms with Crippen molar-refractivity contribution in [1.82, 2.24) is 9.55 Å². The Labute approximate surface area is 119 Å². The molecule has 0 bridgehead atoms. The van der Waals surface area contributed by atoms with Crippen molar-refractivity contribution in [1.29, 1.82) is 0 Å². The molecular formula is C16H23N3O. The Hall–Kier alpha value is -1.55. The van der Waals surface area contributed by atoms with E-state index in [1.165, 1.54) is 18.7 Å². The second-order valence-electron chi connectivity index (χ2n) is 6.27. The molecule has 2 aromatic rings. The Balaban J connectivity index is 2.05. The number of fused-ring (bicyclic) bond motifs is 1. The number of aromatic nitrogens is 2. The summed E-state index contributed by atoms with van der Waals surface area (Å²) in [5.41, 5.74) is 8.62. The minimum absolute atomic E-state index is 0.187. The van der Waals surface area contributed by atoms with Crippen LogP contribution in [0.25, 0.3) is 11.0 Å². The van der Waals surface area contributed by atoms with Crippen LogP contribution >= 0.6 is 0 Å². The van der Waals surface area contributed by atoms with Crippen molar-refractivity contribution in [2.45, 2.75) is 51.7 Å². The molecule has 4 nitrogen and oxygen atoms in total. The largest absolute Gasteiger partial charge is 0.399 e. The van der Waals surface area contributed by atoms with E-state index in [0.717, 1.165) is 29.9 Å². The third-order valence-corrected chi connectivity index (χ3v) is 3.82. The van der Waals surface area contributed by atoms with E-state index in [1.807, 2.05) is 19.1 Å². The molecule has 1 heterocycles. The first kappa shape index (κ1) is 13.4. The maximum absolute atomic E-state index is 5.88. The molecule has 108 valence electrons. The van der Waals surface area contributed by atoms with Crippen molar-refractivity contribution in [3.05, 3.63) is 24.0 Å². The summed E-state index contributed by atoms with van der Waals surface area (Å²) >= 11 is 0. The fourth-order valence-electron chi connectivity index (χ4n) is 2.80. The van der Waals surface area contributed by atoms with Gasteiger partial charge < -0.3 is 15.0 Å². The molecule has 1 aromatic carbocycles. The van der Waals surface area contributed by atoms with E-state index in [-0.39, 0.29) is 5.60 Å². The van der Waals surface area contributed by atoms with Gasteiger partial charge in [-0.1, -0.05) is 0 Å². The van der Waals surface area contributed by atoms with Crippen molar-refractivity contribution in [2.24, 2.45) is 0 Å². The molecule has 1 saturated carbocycles. The lowest BCUT2D eigenvalue weighted by molar-refractivity contribution is -0.0221. The summed E-state index contributed by atoms with van der Waals surface area (Å²) in [6, 6.07) is 5.99. The molecular weight excluding hydrogens is 250 g/mol. The number of rotatable bonds is 5. The Bertz CT molecular complexity index is 626. The lowest BCUT2D eigenvalue weighted by atomic mass is 10.1. The standard InChI is InChI=1S/C16H23N3O/c1-4-20-16(2,3)10-19-14-8-7-12(17)9-13(14)18-15(19)11-5-6-11/h7-9,11H,4-6,10,17H2,1-3H3. The Morgan fingerprint density at radius 2 is 2.15 bits per heavy atom. The van der Waals surface area contributed by atoms with Gasteiger partial charge in [0.1, 0.15) is 5.82 Å². The zero-order valence-electron chi connectivity index (χ0n) is 12.5. The van der Waals surface area contributed by atoms with Gasteiger partial charge in [-0.05, 0) is 51.8 Å². The van der Waals surface area contributed by atoms with Gasteiger partial charge in [-0.2, -0.15) is 0 Å². The van der Waals surface area contributed by atoms with Crippen LogP contribution in [0.3, 0.4) is 0 Å². The first-order valence-electron chi connectivity index (χ1n) is 7.40. The van der Waals surface area contributed by atoms with Gasteiger partial charge in [-0.15, -0.1) is 0 Å². The molecule has 0 radical (unpaired) electrons. The third-order valence-electron chi connectivity index (χ3n) is 3.82. The lowest BCUT2D eigenvalue weighted by Gasteiger charge is -2.26. The normalized spacial score (nSPS) is 15.9. The number of nitrogens with two attached hydrogens (primary N) is 1. The van der Waals surface area contributed by atoms with Crippen LogP contribution in [0.5, 0.6) is 0 Å². The maximum Gasteiger partial charge on any atom is 0.113 e. The van der Waals surface area contributed by atoms with Gasteiger partial charge in [0, 0.05) is 18.2 Å². The highest BCUT2D eigenvalue weighted by Crippen LogP contribution is 2.41. The van der Waals surface area contributed by atoms with E-state index in [9.17, 15) is 0 Å². The minimum Gasteiger partial charge on any atom is -0.399 e. The van der Waals surface area contributed by atoms with Gasteiger partial charge in [0.15, 0.2) is 0 Å². The Morgan fingerprint density at radius 3 is 2.80 bits per heavy atom. The molecule has 3 rings (SSSR count). The van der Waals surface area contributed by atoms with Gasteiger partial charge in [0.05, 0.1) is 23.2 Å². The molecule has 0 aliphatic heterocycles. The van der Waals surface area contributed by atoms with E-state index in [0.29, 0.717) is 5.92 Å². The number of imidazole rings is 1. The molecule has 0 unspecified atom stereocenters. The summed E-state index contributed by atoms with van der Waals surface area (Å²) in [6.07, 6.45) is 2.49. The number of hydrogen-bond donors (Lipinski definition) is 1. The van der Waals surface area contributed by atoms with Gasteiger partial charge in [0.2, 0.25) is 0 Å².